The molecule has 0 bridgehead atoms. The molecule has 0 radical (unpaired) electrons. The molecule has 2 atom stereocenters. The Labute approximate surface area is 116 Å². The average molecular weight is 263 g/mol. The van der Waals surface area contributed by atoms with E-state index in [1.165, 1.54) is 5.56 Å². The number of benzene rings is 1. The van der Waals surface area contributed by atoms with Gasteiger partial charge in [-0.05, 0) is 31.2 Å². The number of carboxylic acid groups (broad SMARTS) is 1. The predicted molar refractivity (Wildman–Crippen MR) is 78.2 cm³/mol. The van der Waals surface area contributed by atoms with Crippen molar-refractivity contribution in [2.45, 2.75) is 52.1 Å². The molecule has 0 aromatic heterocycles. The zero-order valence-electron chi connectivity index (χ0n) is 12.1. The predicted octanol–water partition coefficient (Wildman–Crippen LogP) is 3.10. The highest BCUT2D eigenvalue weighted by Gasteiger charge is 2.16. The van der Waals surface area contributed by atoms with Crippen LogP contribution >= 0.6 is 0 Å². The second kappa shape index (κ2) is 7.95. The van der Waals surface area contributed by atoms with Crippen LogP contribution in [0, 0.1) is 5.92 Å². The second-order valence-electron chi connectivity index (χ2n) is 5.52. The first kappa shape index (κ1) is 15.7. The van der Waals surface area contributed by atoms with Crippen LogP contribution in [0.5, 0.6) is 0 Å². The second-order valence-corrected chi connectivity index (χ2v) is 5.52. The SMILES string of the molecule is CC(C)C(C)NC(CCC(=O)O)Cc1ccccc1. The third-order valence-corrected chi connectivity index (χ3v) is 3.53. The van der Waals surface area contributed by atoms with Crippen molar-refractivity contribution < 1.29 is 9.90 Å². The van der Waals surface area contributed by atoms with Crippen molar-refractivity contribution in [3.05, 3.63) is 35.9 Å². The molecule has 19 heavy (non-hydrogen) atoms. The summed E-state index contributed by atoms with van der Waals surface area (Å²) in [5.41, 5.74) is 1.25. The van der Waals surface area contributed by atoms with Crippen molar-refractivity contribution in [1.82, 2.24) is 5.32 Å². The number of hydrogen-bond donors (Lipinski definition) is 2. The van der Waals surface area contributed by atoms with Gasteiger partial charge in [0.15, 0.2) is 0 Å². The maximum atomic E-state index is 10.7. The molecule has 0 amide bonds. The molecule has 106 valence electrons. The maximum absolute atomic E-state index is 10.7. The largest absolute Gasteiger partial charge is 0.481 e. The Morgan fingerprint density at radius 1 is 1.21 bits per heavy atom. The van der Waals surface area contributed by atoms with Gasteiger partial charge < -0.3 is 10.4 Å². The molecule has 1 aromatic carbocycles. The lowest BCUT2D eigenvalue weighted by atomic mass is 9.98. The van der Waals surface area contributed by atoms with E-state index < -0.39 is 5.97 Å². The van der Waals surface area contributed by atoms with Crippen LogP contribution in [-0.2, 0) is 11.2 Å². The number of rotatable bonds is 8. The summed E-state index contributed by atoms with van der Waals surface area (Å²) >= 11 is 0. The van der Waals surface area contributed by atoms with E-state index in [2.05, 4.69) is 38.2 Å². The molecule has 2 N–H and O–H groups in total. The quantitative estimate of drug-likeness (QED) is 0.757. The van der Waals surface area contributed by atoms with Gasteiger partial charge in [0.05, 0.1) is 0 Å². The first-order valence-electron chi connectivity index (χ1n) is 7.00. The summed E-state index contributed by atoms with van der Waals surface area (Å²) in [5, 5.41) is 12.4. The van der Waals surface area contributed by atoms with Gasteiger partial charge in [0.25, 0.3) is 0 Å². The normalized spacial score (nSPS) is 14.3. The van der Waals surface area contributed by atoms with Crippen molar-refractivity contribution in [1.29, 1.82) is 0 Å². The van der Waals surface area contributed by atoms with Crippen LogP contribution < -0.4 is 5.32 Å². The molecular weight excluding hydrogens is 238 g/mol. The summed E-state index contributed by atoms with van der Waals surface area (Å²) in [6.07, 6.45) is 1.77. The summed E-state index contributed by atoms with van der Waals surface area (Å²) in [5.74, 6) is -0.180. The smallest absolute Gasteiger partial charge is 0.303 e. The van der Waals surface area contributed by atoms with E-state index in [0.717, 1.165) is 6.42 Å². The zero-order valence-corrected chi connectivity index (χ0v) is 12.1. The number of carboxylic acids is 1. The standard InChI is InChI=1S/C16H25NO2/c1-12(2)13(3)17-15(9-10-16(18)19)11-14-7-5-4-6-8-14/h4-8,12-13,15,17H,9-11H2,1-3H3,(H,18,19). The van der Waals surface area contributed by atoms with Gasteiger partial charge in [-0.1, -0.05) is 44.2 Å². The Bertz CT molecular complexity index is 376. The minimum Gasteiger partial charge on any atom is -0.481 e. The molecule has 0 aliphatic carbocycles. The van der Waals surface area contributed by atoms with Crippen LogP contribution in [-0.4, -0.2) is 23.2 Å². The fourth-order valence-electron chi connectivity index (χ4n) is 2.00. The van der Waals surface area contributed by atoms with Gasteiger partial charge in [0, 0.05) is 18.5 Å². The summed E-state index contributed by atoms with van der Waals surface area (Å²) in [6, 6.07) is 10.8. The molecule has 0 aliphatic heterocycles. The number of aliphatic carboxylic acids is 1. The molecule has 3 heteroatoms. The summed E-state index contributed by atoms with van der Waals surface area (Å²) < 4.78 is 0. The highest BCUT2D eigenvalue weighted by Crippen LogP contribution is 2.11. The molecule has 0 saturated carbocycles. The lowest BCUT2D eigenvalue weighted by Gasteiger charge is -2.25. The zero-order chi connectivity index (χ0) is 14.3. The van der Waals surface area contributed by atoms with Crippen molar-refractivity contribution >= 4 is 5.97 Å². The van der Waals surface area contributed by atoms with Gasteiger partial charge in [-0.2, -0.15) is 0 Å². The molecule has 0 heterocycles. The van der Waals surface area contributed by atoms with Gasteiger partial charge in [-0.3, -0.25) is 4.79 Å². The van der Waals surface area contributed by atoms with E-state index in [0.29, 0.717) is 18.4 Å². The fraction of sp³-hybridized carbons (Fsp3) is 0.562. The first-order chi connectivity index (χ1) is 8.99. The number of nitrogens with one attached hydrogen (secondary N) is 1. The van der Waals surface area contributed by atoms with Crippen LogP contribution in [0.15, 0.2) is 30.3 Å². The lowest BCUT2D eigenvalue weighted by Crippen LogP contribution is -2.41. The van der Waals surface area contributed by atoms with E-state index in [1.807, 2.05) is 18.2 Å². The fourth-order valence-corrected chi connectivity index (χ4v) is 2.00. The highest BCUT2D eigenvalue weighted by molar-refractivity contribution is 5.66. The molecule has 1 rings (SSSR count). The molecule has 0 saturated heterocycles. The Morgan fingerprint density at radius 2 is 1.84 bits per heavy atom. The topological polar surface area (TPSA) is 49.3 Å². The van der Waals surface area contributed by atoms with Gasteiger partial charge in [0.2, 0.25) is 0 Å². The van der Waals surface area contributed by atoms with Gasteiger partial charge in [-0.25, -0.2) is 0 Å². The van der Waals surface area contributed by atoms with Crippen LogP contribution in [0.4, 0.5) is 0 Å². The van der Waals surface area contributed by atoms with Crippen molar-refractivity contribution in [3.8, 4) is 0 Å². The summed E-state index contributed by atoms with van der Waals surface area (Å²) in [7, 11) is 0. The van der Waals surface area contributed by atoms with Crippen LogP contribution in [0.25, 0.3) is 0 Å². The van der Waals surface area contributed by atoms with Crippen molar-refractivity contribution in [2.24, 2.45) is 5.92 Å². The monoisotopic (exact) mass is 263 g/mol. The average Bonchev–Trinajstić information content (AvgIpc) is 2.37. The lowest BCUT2D eigenvalue weighted by molar-refractivity contribution is -0.137. The number of carbonyl (C=O) groups is 1. The third kappa shape index (κ3) is 6.39. The Kier molecular flexibility index (Phi) is 6.57. The maximum Gasteiger partial charge on any atom is 0.303 e. The minimum absolute atomic E-state index is 0.218. The van der Waals surface area contributed by atoms with Crippen LogP contribution in [0.3, 0.4) is 0 Å². The number of hydrogen-bond acceptors (Lipinski definition) is 2. The molecule has 1 aromatic rings. The molecule has 0 spiro atoms. The Hall–Kier alpha value is -1.35. The van der Waals surface area contributed by atoms with E-state index in [4.69, 9.17) is 5.11 Å². The Balaban J connectivity index is 2.60. The van der Waals surface area contributed by atoms with E-state index >= 15 is 0 Å². The van der Waals surface area contributed by atoms with Crippen molar-refractivity contribution in [2.75, 3.05) is 0 Å². The van der Waals surface area contributed by atoms with Crippen LogP contribution in [0.2, 0.25) is 0 Å². The molecule has 2 unspecified atom stereocenters. The van der Waals surface area contributed by atoms with Crippen molar-refractivity contribution in [3.63, 3.8) is 0 Å². The Morgan fingerprint density at radius 3 is 2.37 bits per heavy atom. The van der Waals surface area contributed by atoms with Gasteiger partial charge >= 0.3 is 5.97 Å². The first-order valence-corrected chi connectivity index (χ1v) is 7.00. The summed E-state index contributed by atoms with van der Waals surface area (Å²) in [4.78, 5) is 10.7. The summed E-state index contributed by atoms with van der Waals surface area (Å²) in [6.45, 7) is 6.51. The van der Waals surface area contributed by atoms with E-state index in [1.54, 1.807) is 0 Å². The molecule has 0 aliphatic rings. The molecule has 0 fully saturated rings. The van der Waals surface area contributed by atoms with Crippen LogP contribution in [0.1, 0.15) is 39.2 Å². The van der Waals surface area contributed by atoms with Gasteiger partial charge in [0.1, 0.15) is 0 Å². The van der Waals surface area contributed by atoms with E-state index in [9.17, 15) is 4.79 Å². The third-order valence-electron chi connectivity index (χ3n) is 3.53. The minimum atomic E-state index is -0.725. The molecular formula is C16H25NO2. The molecule has 3 nitrogen and oxygen atoms in total. The highest BCUT2D eigenvalue weighted by atomic mass is 16.4. The van der Waals surface area contributed by atoms with E-state index in [-0.39, 0.29) is 12.5 Å². The van der Waals surface area contributed by atoms with Gasteiger partial charge in [-0.15, -0.1) is 0 Å².